The van der Waals surface area contributed by atoms with Gasteiger partial charge in [0, 0.05) is 50.0 Å². The minimum atomic E-state index is 0.0674. The fourth-order valence-electron chi connectivity index (χ4n) is 3.58. The van der Waals surface area contributed by atoms with E-state index in [1.807, 2.05) is 42.2 Å². The Hall–Kier alpha value is -2.40. The molecule has 1 aliphatic heterocycles. The van der Waals surface area contributed by atoms with Gasteiger partial charge in [0.1, 0.15) is 5.75 Å². The first kappa shape index (κ1) is 17.4. The van der Waals surface area contributed by atoms with Crippen molar-refractivity contribution in [3.05, 3.63) is 59.4 Å². The molecular formula is C20H24N2O3. The summed E-state index contributed by atoms with van der Waals surface area (Å²) in [6.45, 7) is 3.98. The summed E-state index contributed by atoms with van der Waals surface area (Å²) in [7, 11) is 3.34. The number of hydrogen-bond acceptors (Lipinski definition) is 4. The number of methoxy groups -OCH3 is 2. The van der Waals surface area contributed by atoms with Crippen molar-refractivity contribution >= 4 is 5.91 Å². The van der Waals surface area contributed by atoms with Crippen LogP contribution >= 0.6 is 0 Å². The Morgan fingerprint density at radius 3 is 2.60 bits per heavy atom. The van der Waals surface area contributed by atoms with E-state index < -0.39 is 0 Å². The number of pyridine rings is 1. The van der Waals surface area contributed by atoms with Crippen molar-refractivity contribution in [3.63, 3.8) is 0 Å². The summed E-state index contributed by atoms with van der Waals surface area (Å²) in [6.07, 6.45) is 3.61. The molecule has 1 aromatic carbocycles. The third-order valence-corrected chi connectivity index (χ3v) is 4.91. The number of hydrogen-bond donors (Lipinski definition) is 0. The highest BCUT2D eigenvalue weighted by atomic mass is 16.5. The molecule has 25 heavy (non-hydrogen) atoms. The monoisotopic (exact) mass is 340 g/mol. The van der Waals surface area contributed by atoms with Crippen LogP contribution in [0.3, 0.4) is 0 Å². The van der Waals surface area contributed by atoms with E-state index in [9.17, 15) is 4.79 Å². The fraction of sp³-hybridized carbons (Fsp3) is 0.400. The fourth-order valence-corrected chi connectivity index (χ4v) is 3.58. The molecule has 5 heteroatoms. The van der Waals surface area contributed by atoms with Crippen LogP contribution in [-0.2, 0) is 4.74 Å². The van der Waals surface area contributed by atoms with Gasteiger partial charge in [-0.3, -0.25) is 9.78 Å². The smallest absolute Gasteiger partial charge is 0.254 e. The maximum absolute atomic E-state index is 13.0. The maximum atomic E-state index is 13.0. The summed E-state index contributed by atoms with van der Waals surface area (Å²) in [5.41, 5.74) is 2.87. The average molecular weight is 340 g/mol. The Kier molecular flexibility index (Phi) is 5.34. The Balaban J connectivity index is 1.82. The Morgan fingerprint density at radius 2 is 1.96 bits per heavy atom. The number of carbonyl (C=O) groups is 1. The highest BCUT2D eigenvalue weighted by Gasteiger charge is 2.36. The normalized spacial score (nSPS) is 19.9. The summed E-state index contributed by atoms with van der Waals surface area (Å²) in [5.74, 6) is 1.39. The van der Waals surface area contributed by atoms with Gasteiger partial charge >= 0.3 is 0 Å². The molecule has 1 aliphatic rings. The van der Waals surface area contributed by atoms with Crippen LogP contribution in [0.2, 0.25) is 0 Å². The molecule has 2 atom stereocenters. The van der Waals surface area contributed by atoms with Crippen molar-refractivity contribution in [2.45, 2.75) is 12.8 Å². The van der Waals surface area contributed by atoms with Crippen LogP contribution in [0.4, 0.5) is 0 Å². The van der Waals surface area contributed by atoms with Gasteiger partial charge in [0.25, 0.3) is 5.91 Å². The molecule has 0 N–H and O–H groups in total. The highest BCUT2D eigenvalue weighted by molar-refractivity contribution is 5.96. The Labute approximate surface area is 148 Å². The molecule has 132 valence electrons. The van der Waals surface area contributed by atoms with E-state index in [1.54, 1.807) is 26.6 Å². The number of benzene rings is 1. The summed E-state index contributed by atoms with van der Waals surface area (Å²) >= 11 is 0. The van der Waals surface area contributed by atoms with Crippen LogP contribution in [-0.4, -0.2) is 49.7 Å². The first-order chi connectivity index (χ1) is 12.1. The Bertz CT molecular complexity index is 733. The molecular weight excluding hydrogens is 316 g/mol. The minimum absolute atomic E-state index is 0.0674. The number of amides is 1. The quantitative estimate of drug-likeness (QED) is 0.840. The molecule has 0 aliphatic carbocycles. The van der Waals surface area contributed by atoms with E-state index in [2.05, 4.69) is 4.98 Å². The van der Waals surface area contributed by atoms with Crippen LogP contribution in [0.15, 0.2) is 42.7 Å². The van der Waals surface area contributed by atoms with Gasteiger partial charge < -0.3 is 14.4 Å². The number of likely N-dealkylation sites (tertiary alicyclic amines) is 1. The van der Waals surface area contributed by atoms with Crippen molar-refractivity contribution in [2.24, 2.45) is 5.92 Å². The summed E-state index contributed by atoms with van der Waals surface area (Å²) in [4.78, 5) is 19.1. The molecule has 1 amide bonds. The zero-order chi connectivity index (χ0) is 17.8. The Morgan fingerprint density at radius 1 is 1.20 bits per heavy atom. The first-order valence-electron chi connectivity index (χ1n) is 8.46. The van der Waals surface area contributed by atoms with Gasteiger partial charge in [-0.1, -0.05) is 0 Å². The summed E-state index contributed by atoms with van der Waals surface area (Å²) in [6, 6.07) is 9.64. The number of ether oxygens (including phenoxy) is 2. The standard InChI is InChI=1S/C20H24N2O3/c1-14-10-17(25-3)4-5-18(14)20(23)22-11-16(13-24-2)19(12-22)15-6-8-21-9-7-15/h4-10,16,19H,11-13H2,1-3H3/t16-,19-/m0/s1. The molecule has 0 radical (unpaired) electrons. The van der Waals surface area contributed by atoms with Crippen molar-refractivity contribution in [1.29, 1.82) is 0 Å². The van der Waals surface area contributed by atoms with Crippen LogP contribution in [0.25, 0.3) is 0 Å². The van der Waals surface area contributed by atoms with Gasteiger partial charge in [0.2, 0.25) is 0 Å². The van der Waals surface area contributed by atoms with E-state index in [0.717, 1.165) is 16.9 Å². The van der Waals surface area contributed by atoms with Gasteiger partial charge in [-0.25, -0.2) is 0 Å². The first-order valence-corrected chi connectivity index (χ1v) is 8.46. The third kappa shape index (κ3) is 3.66. The van der Waals surface area contributed by atoms with E-state index >= 15 is 0 Å². The third-order valence-electron chi connectivity index (χ3n) is 4.91. The molecule has 0 bridgehead atoms. The molecule has 0 unspecified atom stereocenters. The van der Waals surface area contributed by atoms with Gasteiger partial charge in [-0.2, -0.15) is 0 Å². The second-order valence-corrected chi connectivity index (χ2v) is 6.49. The van der Waals surface area contributed by atoms with Crippen LogP contribution < -0.4 is 4.74 Å². The van der Waals surface area contributed by atoms with Gasteiger partial charge in [-0.15, -0.1) is 0 Å². The SMILES string of the molecule is COC[C@@H]1CN(C(=O)c2ccc(OC)cc2C)C[C@H]1c1ccncc1. The number of nitrogens with zero attached hydrogens (tertiary/aromatic N) is 2. The number of aryl methyl sites for hydroxylation is 1. The molecule has 3 rings (SSSR count). The summed E-state index contributed by atoms with van der Waals surface area (Å²) in [5, 5.41) is 0. The zero-order valence-corrected chi connectivity index (χ0v) is 14.9. The van der Waals surface area contributed by atoms with Gasteiger partial charge in [0.05, 0.1) is 13.7 Å². The van der Waals surface area contributed by atoms with Crippen molar-refractivity contribution in [1.82, 2.24) is 9.88 Å². The lowest BCUT2D eigenvalue weighted by Crippen LogP contribution is -2.29. The topological polar surface area (TPSA) is 51.7 Å². The van der Waals surface area contributed by atoms with E-state index in [4.69, 9.17) is 9.47 Å². The van der Waals surface area contributed by atoms with Crippen LogP contribution in [0, 0.1) is 12.8 Å². The van der Waals surface area contributed by atoms with E-state index in [-0.39, 0.29) is 17.7 Å². The van der Waals surface area contributed by atoms with Crippen molar-refractivity contribution in [2.75, 3.05) is 33.9 Å². The van der Waals surface area contributed by atoms with Crippen LogP contribution in [0.1, 0.15) is 27.4 Å². The average Bonchev–Trinajstić information content (AvgIpc) is 3.06. The van der Waals surface area contributed by atoms with Crippen molar-refractivity contribution < 1.29 is 14.3 Å². The van der Waals surface area contributed by atoms with E-state index in [1.165, 1.54) is 5.56 Å². The van der Waals surface area contributed by atoms with Crippen molar-refractivity contribution in [3.8, 4) is 5.75 Å². The largest absolute Gasteiger partial charge is 0.497 e. The zero-order valence-electron chi connectivity index (χ0n) is 14.9. The maximum Gasteiger partial charge on any atom is 0.254 e. The molecule has 5 nitrogen and oxygen atoms in total. The molecule has 0 saturated carbocycles. The molecule has 1 aromatic heterocycles. The molecule has 0 spiro atoms. The lowest BCUT2D eigenvalue weighted by Gasteiger charge is -2.18. The highest BCUT2D eigenvalue weighted by Crippen LogP contribution is 2.34. The van der Waals surface area contributed by atoms with Crippen LogP contribution in [0.5, 0.6) is 5.75 Å². The minimum Gasteiger partial charge on any atom is -0.497 e. The number of aromatic nitrogens is 1. The lowest BCUT2D eigenvalue weighted by atomic mass is 9.90. The predicted molar refractivity (Wildman–Crippen MR) is 96.0 cm³/mol. The van der Waals surface area contributed by atoms with Gasteiger partial charge in [-0.05, 0) is 48.4 Å². The number of rotatable bonds is 5. The summed E-state index contributed by atoms with van der Waals surface area (Å²) < 4.78 is 10.6. The second kappa shape index (κ2) is 7.66. The molecule has 2 heterocycles. The molecule has 1 fully saturated rings. The molecule has 1 saturated heterocycles. The lowest BCUT2D eigenvalue weighted by molar-refractivity contribution is 0.0774. The van der Waals surface area contributed by atoms with Gasteiger partial charge in [0.15, 0.2) is 0 Å². The second-order valence-electron chi connectivity index (χ2n) is 6.49. The predicted octanol–water partition coefficient (Wildman–Crippen LogP) is 2.90. The molecule has 2 aromatic rings. The van der Waals surface area contributed by atoms with E-state index in [0.29, 0.717) is 19.7 Å². The number of carbonyl (C=O) groups excluding carboxylic acids is 1.